The Kier molecular flexibility index (Phi) is 4.05. The number of amides is 1. The Hall–Kier alpha value is -1.47. The highest BCUT2D eigenvalue weighted by Crippen LogP contribution is 2.13. The Morgan fingerprint density at radius 2 is 2.65 bits per heavy atom. The van der Waals surface area contributed by atoms with Crippen molar-refractivity contribution in [3.05, 3.63) is 11.9 Å². The van der Waals surface area contributed by atoms with E-state index in [9.17, 15) is 4.79 Å². The van der Waals surface area contributed by atoms with Crippen LogP contribution >= 0.6 is 0 Å². The molecule has 1 aromatic heterocycles. The third-order valence-corrected chi connectivity index (χ3v) is 2.78. The van der Waals surface area contributed by atoms with Crippen LogP contribution in [-0.4, -0.2) is 65.7 Å². The van der Waals surface area contributed by atoms with E-state index in [-0.39, 0.29) is 11.9 Å². The van der Waals surface area contributed by atoms with Crippen LogP contribution in [0, 0.1) is 0 Å². The van der Waals surface area contributed by atoms with E-state index >= 15 is 0 Å². The highest BCUT2D eigenvalue weighted by molar-refractivity contribution is 5.92. The summed E-state index contributed by atoms with van der Waals surface area (Å²) in [4.78, 5) is 13.9. The molecule has 1 aromatic rings. The topological polar surface area (TPSA) is 80.3 Å². The second-order valence-corrected chi connectivity index (χ2v) is 3.86. The van der Waals surface area contributed by atoms with Crippen LogP contribution in [0.25, 0.3) is 0 Å². The van der Waals surface area contributed by atoms with Crippen molar-refractivity contribution >= 4 is 5.91 Å². The molecule has 7 nitrogen and oxygen atoms in total. The smallest absolute Gasteiger partial charge is 0.276 e. The Bertz CT molecular complexity index is 354. The number of rotatable bonds is 4. The van der Waals surface area contributed by atoms with E-state index in [1.54, 1.807) is 12.0 Å². The summed E-state index contributed by atoms with van der Waals surface area (Å²) < 4.78 is 10.4. The van der Waals surface area contributed by atoms with Crippen LogP contribution < -0.4 is 0 Å². The number of hydrogen-bond acceptors (Lipinski definition) is 5. The lowest BCUT2D eigenvalue weighted by Crippen LogP contribution is -2.49. The minimum absolute atomic E-state index is 0.0490. The van der Waals surface area contributed by atoms with Crippen LogP contribution in [0.5, 0.6) is 0 Å². The summed E-state index contributed by atoms with van der Waals surface area (Å²) in [5.74, 6) is -0.108. The predicted octanol–water partition coefficient (Wildman–Crippen LogP) is -0.318. The maximum absolute atomic E-state index is 12.1. The van der Waals surface area contributed by atoms with E-state index in [1.165, 1.54) is 6.20 Å². The monoisotopic (exact) mass is 240 g/mol. The van der Waals surface area contributed by atoms with Crippen LogP contribution in [0.3, 0.4) is 0 Å². The quantitative estimate of drug-likeness (QED) is 0.780. The minimum Gasteiger partial charge on any atom is -0.385 e. The van der Waals surface area contributed by atoms with E-state index < -0.39 is 0 Å². The number of aromatic amines is 1. The van der Waals surface area contributed by atoms with E-state index in [1.807, 2.05) is 0 Å². The first-order chi connectivity index (χ1) is 8.33. The number of aromatic nitrogens is 3. The third-order valence-electron chi connectivity index (χ3n) is 2.78. The molecule has 1 saturated heterocycles. The minimum atomic E-state index is -0.108. The summed E-state index contributed by atoms with van der Waals surface area (Å²) in [7, 11) is 1.65. The molecule has 0 bridgehead atoms. The molecule has 1 amide bonds. The molecule has 1 aliphatic heterocycles. The molecule has 1 atom stereocenters. The van der Waals surface area contributed by atoms with Gasteiger partial charge in [-0.15, -0.1) is 0 Å². The van der Waals surface area contributed by atoms with Gasteiger partial charge < -0.3 is 14.4 Å². The van der Waals surface area contributed by atoms with Gasteiger partial charge in [0, 0.05) is 20.3 Å². The molecule has 2 rings (SSSR count). The number of methoxy groups -OCH3 is 1. The first-order valence-electron chi connectivity index (χ1n) is 5.56. The Labute approximate surface area is 99.1 Å². The summed E-state index contributed by atoms with van der Waals surface area (Å²) in [5, 5.41) is 9.90. The second kappa shape index (κ2) is 5.74. The summed E-state index contributed by atoms with van der Waals surface area (Å²) in [6, 6.07) is 0.0490. The Morgan fingerprint density at radius 1 is 1.76 bits per heavy atom. The summed E-state index contributed by atoms with van der Waals surface area (Å²) >= 11 is 0. The van der Waals surface area contributed by atoms with Crippen LogP contribution in [0.15, 0.2) is 6.20 Å². The molecule has 1 aliphatic rings. The van der Waals surface area contributed by atoms with Crippen molar-refractivity contribution < 1.29 is 14.3 Å². The number of nitrogens with one attached hydrogen (secondary N) is 1. The fourth-order valence-electron chi connectivity index (χ4n) is 1.87. The zero-order chi connectivity index (χ0) is 12.1. The molecule has 0 radical (unpaired) electrons. The Balaban J connectivity index is 2.03. The molecule has 17 heavy (non-hydrogen) atoms. The van der Waals surface area contributed by atoms with Crippen LogP contribution in [0.4, 0.5) is 0 Å². The normalized spacial score (nSPS) is 20.5. The number of H-pyrrole nitrogens is 1. The molecule has 1 unspecified atom stereocenters. The SMILES string of the molecule is COCCC1COCCN1C(=O)c1cn[nH]n1. The van der Waals surface area contributed by atoms with Crippen molar-refractivity contribution in [1.29, 1.82) is 0 Å². The van der Waals surface area contributed by atoms with E-state index in [0.29, 0.717) is 32.1 Å². The van der Waals surface area contributed by atoms with Crippen LogP contribution in [0.2, 0.25) is 0 Å². The second-order valence-electron chi connectivity index (χ2n) is 3.86. The lowest BCUT2D eigenvalue weighted by atomic mass is 10.1. The average molecular weight is 240 g/mol. The maximum Gasteiger partial charge on any atom is 0.276 e. The fraction of sp³-hybridized carbons (Fsp3) is 0.700. The van der Waals surface area contributed by atoms with Gasteiger partial charge in [0.15, 0.2) is 5.69 Å². The number of carbonyl (C=O) groups is 1. The van der Waals surface area contributed by atoms with Gasteiger partial charge in [-0.3, -0.25) is 4.79 Å². The van der Waals surface area contributed by atoms with Crippen molar-refractivity contribution in [1.82, 2.24) is 20.3 Å². The van der Waals surface area contributed by atoms with Gasteiger partial charge in [-0.1, -0.05) is 0 Å². The molecule has 7 heteroatoms. The molecule has 2 heterocycles. The maximum atomic E-state index is 12.1. The molecule has 1 fully saturated rings. The first-order valence-corrected chi connectivity index (χ1v) is 5.56. The molecular formula is C10H16N4O3. The number of ether oxygens (including phenoxy) is 2. The number of morpholine rings is 1. The molecule has 1 N–H and O–H groups in total. The van der Waals surface area contributed by atoms with Crippen molar-refractivity contribution in [2.75, 3.05) is 33.5 Å². The summed E-state index contributed by atoms with van der Waals surface area (Å²) in [5.41, 5.74) is 0.342. The molecule has 0 saturated carbocycles. The van der Waals surface area contributed by atoms with Crippen molar-refractivity contribution in [2.45, 2.75) is 12.5 Å². The van der Waals surface area contributed by atoms with Crippen LogP contribution in [-0.2, 0) is 9.47 Å². The third kappa shape index (κ3) is 2.80. The Morgan fingerprint density at radius 3 is 3.35 bits per heavy atom. The van der Waals surface area contributed by atoms with Gasteiger partial charge >= 0.3 is 0 Å². The van der Waals surface area contributed by atoms with Gasteiger partial charge in [-0.05, 0) is 6.42 Å². The van der Waals surface area contributed by atoms with E-state index in [4.69, 9.17) is 9.47 Å². The lowest BCUT2D eigenvalue weighted by molar-refractivity contribution is -0.0106. The number of hydrogen-bond donors (Lipinski definition) is 1. The van der Waals surface area contributed by atoms with E-state index in [0.717, 1.165) is 6.42 Å². The summed E-state index contributed by atoms with van der Waals surface area (Å²) in [6.45, 7) is 2.30. The zero-order valence-corrected chi connectivity index (χ0v) is 9.76. The van der Waals surface area contributed by atoms with Crippen molar-refractivity contribution in [2.24, 2.45) is 0 Å². The molecular weight excluding hydrogens is 224 g/mol. The largest absolute Gasteiger partial charge is 0.385 e. The van der Waals surface area contributed by atoms with Crippen LogP contribution in [0.1, 0.15) is 16.9 Å². The lowest BCUT2D eigenvalue weighted by Gasteiger charge is -2.35. The van der Waals surface area contributed by atoms with Crippen molar-refractivity contribution in [3.8, 4) is 0 Å². The molecule has 0 spiro atoms. The van der Waals surface area contributed by atoms with Crippen molar-refractivity contribution in [3.63, 3.8) is 0 Å². The van der Waals surface area contributed by atoms with Gasteiger partial charge in [0.2, 0.25) is 0 Å². The summed E-state index contributed by atoms with van der Waals surface area (Å²) in [6.07, 6.45) is 2.20. The first kappa shape index (κ1) is 12.0. The van der Waals surface area contributed by atoms with Gasteiger partial charge in [0.05, 0.1) is 25.5 Å². The predicted molar refractivity (Wildman–Crippen MR) is 58.5 cm³/mol. The molecule has 0 aliphatic carbocycles. The standard InChI is InChI=1S/C10H16N4O3/c1-16-4-2-8-7-17-5-3-14(8)10(15)9-6-11-13-12-9/h6,8H,2-5,7H2,1H3,(H,11,12,13). The van der Waals surface area contributed by atoms with Gasteiger partial charge in [-0.25, -0.2) is 0 Å². The van der Waals surface area contributed by atoms with E-state index in [2.05, 4.69) is 15.4 Å². The zero-order valence-electron chi connectivity index (χ0n) is 9.76. The fourth-order valence-corrected chi connectivity index (χ4v) is 1.87. The number of carbonyl (C=O) groups excluding carboxylic acids is 1. The molecule has 0 aromatic carbocycles. The van der Waals surface area contributed by atoms with Gasteiger partial charge in [-0.2, -0.15) is 15.4 Å². The van der Waals surface area contributed by atoms with Gasteiger partial charge in [0.1, 0.15) is 0 Å². The molecule has 94 valence electrons. The highest BCUT2D eigenvalue weighted by atomic mass is 16.5. The number of nitrogens with zero attached hydrogens (tertiary/aromatic N) is 3. The highest BCUT2D eigenvalue weighted by Gasteiger charge is 2.28. The van der Waals surface area contributed by atoms with Gasteiger partial charge in [0.25, 0.3) is 5.91 Å². The average Bonchev–Trinajstić information content (AvgIpc) is 2.89.